The maximum atomic E-state index is 13.2. The van der Waals surface area contributed by atoms with Crippen LogP contribution in [0.1, 0.15) is 32.4 Å². The van der Waals surface area contributed by atoms with Gasteiger partial charge < -0.3 is 14.6 Å². The van der Waals surface area contributed by atoms with Gasteiger partial charge in [0.2, 0.25) is 0 Å². The Hall–Kier alpha value is -3.28. The Morgan fingerprint density at radius 3 is 2.17 bits per heavy atom. The van der Waals surface area contributed by atoms with E-state index in [1.165, 1.54) is 12.0 Å². The molecule has 0 aromatic heterocycles. The number of amides is 1. The minimum Gasteiger partial charge on any atom is -0.503 e. The molecule has 1 amide bonds. The van der Waals surface area contributed by atoms with Crippen molar-refractivity contribution in [1.82, 2.24) is 0 Å². The van der Waals surface area contributed by atoms with Gasteiger partial charge in [0.15, 0.2) is 11.5 Å². The molecule has 152 valence electrons. The normalized spacial score (nSPS) is 16.9. The van der Waals surface area contributed by atoms with Gasteiger partial charge in [-0.1, -0.05) is 39.0 Å². The summed E-state index contributed by atoms with van der Waals surface area (Å²) < 4.78 is 10.7. The number of hydrogen-bond acceptors (Lipinski definition) is 5. The number of aliphatic hydroxyl groups excluding tert-OH is 1. The van der Waals surface area contributed by atoms with Crippen molar-refractivity contribution >= 4 is 17.4 Å². The second-order valence-electron chi connectivity index (χ2n) is 7.86. The number of aliphatic hydroxyl groups is 1. The lowest BCUT2D eigenvalue weighted by Gasteiger charge is -2.29. The summed E-state index contributed by atoms with van der Waals surface area (Å²) in [6, 6.07) is 13.3. The zero-order chi connectivity index (χ0) is 21.3. The lowest BCUT2D eigenvalue weighted by atomic mass is 9.82. The van der Waals surface area contributed by atoms with Gasteiger partial charge in [0.05, 0.1) is 25.8 Å². The van der Waals surface area contributed by atoms with Crippen LogP contribution >= 0.6 is 0 Å². The van der Waals surface area contributed by atoms with Gasteiger partial charge in [-0.05, 0) is 30.3 Å². The standard InChI is InChI=1S/C23H25NO5/c1-23(2,3)21(26)18-19(16-8-6-7-9-17(16)29-5)24(22(27)20(18)25)14-10-12-15(28-4)13-11-14/h6-13,19,25H,1-5H3. The largest absolute Gasteiger partial charge is 0.503 e. The quantitative estimate of drug-likeness (QED) is 0.820. The van der Waals surface area contributed by atoms with E-state index in [1.54, 1.807) is 64.3 Å². The monoisotopic (exact) mass is 395 g/mol. The molecule has 1 unspecified atom stereocenters. The Bertz CT molecular complexity index is 970. The first-order valence-electron chi connectivity index (χ1n) is 9.29. The van der Waals surface area contributed by atoms with Crippen LogP contribution in [0.3, 0.4) is 0 Å². The lowest BCUT2D eigenvalue weighted by molar-refractivity contribution is -0.123. The van der Waals surface area contributed by atoms with Gasteiger partial charge in [-0.25, -0.2) is 0 Å². The van der Waals surface area contributed by atoms with Gasteiger partial charge in [0.25, 0.3) is 5.91 Å². The molecule has 1 heterocycles. The van der Waals surface area contributed by atoms with Crippen LogP contribution in [-0.4, -0.2) is 31.0 Å². The molecule has 0 saturated carbocycles. The summed E-state index contributed by atoms with van der Waals surface area (Å²) in [5.41, 5.74) is 0.452. The van der Waals surface area contributed by atoms with E-state index in [0.717, 1.165) is 0 Å². The summed E-state index contributed by atoms with van der Waals surface area (Å²) in [5.74, 6) is -0.291. The average molecular weight is 395 g/mol. The van der Waals surface area contributed by atoms with Crippen LogP contribution < -0.4 is 14.4 Å². The molecule has 6 heteroatoms. The van der Waals surface area contributed by atoms with Crippen LogP contribution in [0, 0.1) is 5.41 Å². The maximum absolute atomic E-state index is 13.2. The third kappa shape index (κ3) is 3.58. The zero-order valence-corrected chi connectivity index (χ0v) is 17.2. The number of methoxy groups -OCH3 is 2. The molecule has 0 bridgehead atoms. The highest BCUT2D eigenvalue weighted by Gasteiger charge is 2.47. The zero-order valence-electron chi connectivity index (χ0n) is 17.2. The summed E-state index contributed by atoms with van der Waals surface area (Å²) in [4.78, 5) is 27.7. The van der Waals surface area contributed by atoms with E-state index in [0.29, 0.717) is 22.7 Å². The highest BCUT2D eigenvalue weighted by molar-refractivity contribution is 6.17. The second kappa shape index (κ2) is 7.62. The number of carbonyl (C=O) groups is 2. The first kappa shape index (κ1) is 20.5. The number of para-hydroxylation sites is 1. The SMILES string of the molecule is COc1ccc(N2C(=O)C(O)=C(C(=O)C(C)(C)C)C2c2ccccc2OC)cc1. The highest BCUT2D eigenvalue weighted by atomic mass is 16.5. The molecule has 3 rings (SSSR count). The van der Waals surface area contributed by atoms with Crippen LogP contribution in [0.5, 0.6) is 11.5 Å². The molecule has 0 radical (unpaired) electrons. The first-order valence-corrected chi connectivity index (χ1v) is 9.29. The molecule has 1 aliphatic heterocycles. The Morgan fingerprint density at radius 2 is 1.62 bits per heavy atom. The van der Waals surface area contributed by atoms with E-state index in [-0.39, 0.29) is 11.4 Å². The Labute approximate surface area is 170 Å². The fourth-order valence-electron chi connectivity index (χ4n) is 3.44. The second-order valence-corrected chi connectivity index (χ2v) is 7.86. The number of hydrogen-bond donors (Lipinski definition) is 1. The van der Waals surface area contributed by atoms with Crippen molar-refractivity contribution in [3.05, 3.63) is 65.4 Å². The van der Waals surface area contributed by atoms with E-state index in [4.69, 9.17) is 9.47 Å². The number of rotatable bonds is 5. The van der Waals surface area contributed by atoms with E-state index in [2.05, 4.69) is 0 Å². The van der Waals surface area contributed by atoms with Crippen LogP contribution in [-0.2, 0) is 9.59 Å². The molecule has 1 aliphatic rings. The number of ketones is 1. The van der Waals surface area contributed by atoms with Crippen LogP contribution in [0.4, 0.5) is 5.69 Å². The summed E-state index contributed by atoms with van der Waals surface area (Å²) in [7, 11) is 3.09. The van der Waals surface area contributed by atoms with Crippen molar-refractivity contribution in [2.45, 2.75) is 26.8 Å². The van der Waals surface area contributed by atoms with Gasteiger partial charge in [-0.3, -0.25) is 14.5 Å². The summed E-state index contributed by atoms with van der Waals surface area (Å²) >= 11 is 0. The van der Waals surface area contributed by atoms with Crippen LogP contribution in [0.25, 0.3) is 0 Å². The fourth-order valence-corrected chi connectivity index (χ4v) is 3.44. The summed E-state index contributed by atoms with van der Waals surface area (Å²) in [5, 5.41) is 10.7. The van der Waals surface area contributed by atoms with Crippen molar-refractivity contribution in [3.8, 4) is 11.5 Å². The van der Waals surface area contributed by atoms with Crippen LogP contribution in [0.15, 0.2) is 59.9 Å². The molecule has 1 N–H and O–H groups in total. The number of carbonyl (C=O) groups excluding carboxylic acids is 2. The molecular formula is C23H25NO5. The smallest absolute Gasteiger partial charge is 0.294 e. The van der Waals surface area contributed by atoms with Gasteiger partial charge >= 0.3 is 0 Å². The van der Waals surface area contributed by atoms with Crippen molar-refractivity contribution in [3.63, 3.8) is 0 Å². The number of nitrogens with zero attached hydrogens (tertiary/aromatic N) is 1. The Morgan fingerprint density at radius 1 is 1.00 bits per heavy atom. The van der Waals surface area contributed by atoms with Crippen molar-refractivity contribution in [1.29, 1.82) is 0 Å². The lowest BCUT2D eigenvalue weighted by Crippen LogP contribution is -2.33. The summed E-state index contributed by atoms with van der Waals surface area (Å²) in [6.07, 6.45) is 0. The molecule has 0 spiro atoms. The molecule has 29 heavy (non-hydrogen) atoms. The Kier molecular flexibility index (Phi) is 5.38. The molecule has 1 atom stereocenters. The molecule has 2 aromatic rings. The van der Waals surface area contributed by atoms with Crippen LogP contribution in [0.2, 0.25) is 0 Å². The minimum absolute atomic E-state index is 0.0721. The van der Waals surface area contributed by atoms with E-state index >= 15 is 0 Å². The molecule has 2 aromatic carbocycles. The third-order valence-electron chi connectivity index (χ3n) is 4.92. The minimum atomic E-state index is -0.807. The van der Waals surface area contributed by atoms with E-state index < -0.39 is 23.1 Å². The average Bonchev–Trinajstić information content (AvgIpc) is 2.97. The predicted octanol–water partition coefficient (Wildman–Crippen LogP) is 4.22. The topological polar surface area (TPSA) is 76.1 Å². The van der Waals surface area contributed by atoms with E-state index in [1.807, 2.05) is 12.1 Å². The molecule has 0 saturated heterocycles. The highest BCUT2D eigenvalue weighted by Crippen LogP contribution is 2.45. The van der Waals surface area contributed by atoms with Gasteiger partial charge in [0, 0.05) is 16.7 Å². The number of Topliss-reactive ketones (excluding diaryl/α,β-unsaturated/α-hetero) is 1. The molecular weight excluding hydrogens is 370 g/mol. The first-order chi connectivity index (χ1) is 13.7. The van der Waals surface area contributed by atoms with E-state index in [9.17, 15) is 14.7 Å². The van der Waals surface area contributed by atoms with Gasteiger partial charge in [-0.15, -0.1) is 0 Å². The van der Waals surface area contributed by atoms with Crippen molar-refractivity contribution < 1.29 is 24.2 Å². The molecule has 0 fully saturated rings. The molecule has 0 aliphatic carbocycles. The van der Waals surface area contributed by atoms with Gasteiger partial charge in [-0.2, -0.15) is 0 Å². The summed E-state index contributed by atoms with van der Waals surface area (Å²) in [6.45, 7) is 5.28. The van der Waals surface area contributed by atoms with Crippen molar-refractivity contribution in [2.24, 2.45) is 5.41 Å². The fraction of sp³-hybridized carbons (Fsp3) is 0.304. The number of benzene rings is 2. The molecule has 6 nitrogen and oxygen atoms in total. The number of ether oxygens (including phenoxy) is 2. The third-order valence-corrected chi connectivity index (χ3v) is 4.92. The Balaban J connectivity index is 2.22. The maximum Gasteiger partial charge on any atom is 0.294 e. The van der Waals surface area contributed by atoms with Crippen molar-refractivity contribution in [2.75, 3.05) is 19.1 Å². The predicted molar refractivity (Wildman–Crippen MR) is 110 cm³/mol. The number of anilines is 1. The van der Waals surface area contributed by atoms with Gasteiger partial charge in [0.1, 0.15) is 11.5 Å².